The summed E-state index contributed by atoms with van der Waals surface area (Å²) in [5.74, 6) is -0.422. The number of hydrogen-bond donors (Lipinski definition) is 1. The van der Waals surface area contributed by atoms with E-state index in [9.17, 15) is 18.8 Å². The quantitative estimate of drug-likeness (QED) is 0.610. The number of aromatic nitrogens is 3. The molecule has 0 aliphatic carbocycles. The van der Waals surface area contributed by atoms with Gasteiger partial charge >= 0.3 is 6.09 Å². The van der Waals surface area contributed by atoms with Crippen molar-refractivity contribution in [1.29, 1.82) is 0 Å². The molecule has 31 heavy (non-hydrogen) atoms. The van der Waals surface area contributed by atoms with E-state index in [1.807, 2.05) is 0 Å². The average Bonchev–Trinajstić information content (AvgIpc) is 3.39. The third kappa shape index (κ3) is 4.27. The van der Waals surface area contributed by atoms with Crippen molar-refractivity contribution in [2.24, 2.45) is 0 Å². The maximum atomic E-state index is 14.8. The van der Waals surface area contributed by atoms with Gasteiger partial charge in [-0.2, -0.15) is 0 Å². The lowest BCUT2D eigenvalue weighted by atomic mass is 10.1. The van der Waals surface area contributed by atoms with Gasteiger partial charge in [0, 0.05) is 48.4 Å². The monoisotopic (exact) mass is 423 g/mol. The number of carbonyl (C=O) groups is 3. The van der Waals surface area contributed by atoms with Crippen molar-refractivity contribution >= 4 is 24.0 Å². The second-order valence-corrected chi connectivity index (χ2v) is 6.96. The van der Waals surface area contributed by atoms with E-state index in [4.69, 9.17) is 4.74 Å². The Hall–Kier alpha value is -4.08. The fraction of sp³-hybridized carbons (Fsp3) is 0.190. The third-order valence-electron chi connectivity index (χ3n) is 4.75. The van der Waals surface area contributed by atoms with E-state index in [0.717, 1.165) is 6.29 Å². The lowest BCUT2D eigenvalue weighted by molar-refractivity contribution is -0.119. The SMILES string of the molecule is CC(=O)NC[C@H]1CN(c2ccc(-c3cnc(-n4ccc(C=O)c4)nc3)c(F)c2)C(=O)O1. The van der Waals surface area contributed by atoms with Gasteiger partial charge in [-0.05, 0) is 24.3 Å². The number of rotatable bonds is 6. The Kier molecular flexibility index (Phi) is 5.44. The summed E-state index contributed by atoms with van der Waals surface area (Å²) < 4.78 is 21.6. The number of nitrogens with one attached hydrogen (secondary N) is 1. The predicted molar refractivity (Wildman–Crippen MR) is 108 cm³/mol. The summed E-state index contributed by atoms with van der Waals surface area (Å²) in [6.07, 6.45) is 5.82. The summed E-state index contributed by atoms with van der Waals surface area (Å²) in [6.45, 7) is 1.77. The third-order valence-corrected chi connectivity index (χ3v) is 4.75. The van der Waals surface area contributed by atoms with Crippen LogP contribution >= 0.6 is 0 Å². The van der Waals surface area contributed by atoms with Crippen LogP contribution in [0.5, 0.6) is 0 Å². The minimum Gasteiger partial charge on any atom is -0.442 e. The normalized spacial score (nSPS) is 15.6. The highest BCUT2D eigenvalue weighted by Gasteiger charge is 2.32. The number of anilines is 1. The van der Waals surface area contributed by atoms with E-state index >= 15 is 0 Å². The molecule has 10 heteroatoms. The van der Waals surface area contributed by atoms with Crippen molar-refractivity contribution in [3.8, 4) is 17.1 Å². The Morgan fingerprint density at radius 1 is 1.32 bits per heavy atom. The first-order valence-corrected chi connectivity index (χ1v) is 9.42. The van der Waals surface area contributed by atoms with Crippen molar-refractivity contribution in [2.75, 3.05) is 18.0 Å². The van der Waals surface area contributed by atoms with E-state index in [-0.39, 0.29) is 24.6 Å². The molecule has 4 rings (SSSR count). The molecule has 1 aromatic carbocycles. The Morgan fingerprint density at radius 3 is 2.74 bits per heavy atom. The van der Waals surface area contributed by atoms with Crippen LogP contribution in [0.2, 0.25) is 0 Å². The van der Waals surface area contributed by atoms with Crippen molar-refractivity contribution in [2.45, 2.75) is 13.0 Å². The number of aldehydes is 1. The number of carbonyl (C=O) groups excluding carboxylic acids is 3. The summed E-state index contributed by atoms with van der Waals surface area (Å²) in [6, 6.07) is 6.02. The number of ether oxygens (including phenoxy) is 1. The number of cyclic esters (lactones) is 1. The topological polar surface area (TPSA) is 106 Å². The molecule has 158 valence electrons. The van der Waals surface area contributed by atoms with Crippen LogP contribution in [0.25, 0.3) is 17.1 Å². The maximum absolute atomic E-state index is 14.8. The zero-order chi connectivity index (χ0) is 22.0. The molecule has 0 unspecified atom stereocenters. The fourth-order valence-corrected chi connectivity index (χ4v) is 3.20. The minimum absolute atomic E-state index is 0.192. The van der Waals surface area contributed by atoms with Gasteiger partial charge in [-0.25, -0.2) is 19.2 Å². The lowest BCUT2D eigenvalue weighted by Gasteiger charge is -2.14. The Morgan fingerprint density at radius 2 is 2.10 bits per heavy atom. The largest absolute Gasteiger partial charge is 0.442 e. The Labute approximate surface area is 176 Å². The van der Waals surface area contributed by atoms with Crippen molar-refractivity contribution in [3.05, 3.63) is 60.4 Å². The van der Waals surface area contributed by atoms with Crippen LogP contribution in [-0.2, 0) is 9.53 Å². The Balaban J connectivity index is 1.50. The molecule has 1 atom stereocenters. The zero-order valence-corrected chi connectivity index (χ0v) is 16.5. The molecule has 3 aromatic rings. The van der Waals surface area contributed by atoms with E-state index in [1.165, 1.54) is 36.4 Å². The molecule has 2 amide bonds. The van der Waals surface area contributed by atoms with Crippen LogP contribution < -0.4 is 10.2 Å². The number of benzene rings is 1. The number of amides is 2. The highest BCUT2D eigenvalue weighted by Crippen LogP contribution is 2.28. The van der Waals surface area contributed by atoms with Crippen LogP contribution in [0, 0.1) is 5.82 Å². The van der Waals surface area contributed by atoms with Crippen molar-refractivity contribution in [1.82, 2.24) is 19.9 Å². The van der Waals surface area contributed by atoms with E-state index in [2.05, 4.69) is 15.3 Å². The van der Waals surface area contributed by atoms with Crippen molar-refractivity contribution < 1.29 is 23.5 Å². The first-order chi connectivity index (χ1) is 14.9. The highest BCUT2D eigenvalue weighted by molar-refractivity contribution is 5.90. The van der Waals surface area contributed by atoms with E-state index in [1.54, 1.807) is 29.1 Å². The van der Waals surface area contributed by atoms with Gasteiger partial charge in [0.1, 0.15) is 11.9 Å². The highest BCUT2D eigenvalue weighted by atomic mass is 19.1. The smallest absolute Gasteiger partial charge is 0.414 e. The Bertz CT molecular complexity index is 1140. The summed E-state index contributed by atoms with van der Waals surface area (Å²) in [4.78, 5) is 43.7. The van der Waals surface area contributed by atoms with Crippen LogP contribution in [0.4, 0.5) is 14.9 Å². The fourth-order valence-electron chi connectivity index (χ4n) is 3.20. The first-order valence-electron chi connectivity index (χ1n) is 9.42. The lowest BCUT2D eigenvalue weighted by Crippen LogP contribution is -2.33. The van der Waals surface area contributed by atoms with Gasteiger partial charge < -0.3 is 10.1 Å². The minimum atomic E-state index is -0.600. The second-order valence-electron chi connectivity index (χ2n) is 6.96. The predicted octanol–water partition coefficient (Wildman–Crippen LogP) is 2.35. The van der Waals surface area contributed by atoms with Gasteiger partial charge in [0.25, 0.3) is 0 Å². The molecule has 2 aromatic heterocycles. The molecule has 1 fully saturated rings. The second kappa shape index (κ2) is 8.34. The number of hydrogen-bond acceptors (Lipinski definition) is 6. The molecule has 0 spiro atoms. The van der Waals surface area contributed by atoms with Gasteiger partial charge in [0.2, 0.25) is 11.9 Å². The summed E-state index contributed by atoms with van der Waals surface area (Å²) in [5.41, 5.74) is 1.58. The van der Waals surface area contributed by atoms with Gasteiger partial charge in [0.05, 0.1) is 18.8 Å². The number of nitrogens with zero attached hydrogens (tertiary/aromatic N) is 4. The van der Waals surface area contributed by atoms with Gasteiger partial charge in [-0.15, -0.1) is 0 Å². The molecule has 0 bridgehead atoms. The maximum Gasteiger partial charge on any atom is 0.414 e. The summed E-state index contributed by atoms with van der Waals surface area (Å²) >= 11 is 0. The molecule has 3 heterocycles. The molecule has 0 radical (unpaired) electrons. The molecule has 1 aliphatic rings. The van der Waals surface area contributed by atoms with Crippen LogP contribution in [-0.4, -0.2) is 52.0 Å². The molecule has 1 N–H and O–H groups in total. The standard InChI is InChI=1S/C21H18FN5O4/c1-13(29)23-9-17-11-27(21(30)31-17)16-2-3-18(19(22)6-16)15-7-24-20(25-8-15)26-5-4-14(10-26)12-28/h2-8,10,12,17H,9,11H2,1H3,(H,23,29)/t17-/m0/s1. The van der Waals surface area contributed by atoms with Crippen LogP contribution in [0.15, 0.2) is 49.1 Å². The average molecular weight is 423 g/mol. The van der Waals surface area contributed by atoms with Crippen molar-refractivity contribution in [3.63, 3.8) is 0 Å². The summed E-state index contributed by atoms with van der Waals surface area (Å²) in [5, 5.41) is 2.59. The van der Waals surface area contributed by atoms with Gasteiger partial charge in [-0.1, -0.05) is 0 Å². The van der Waals surface area contributed by atoms with Crippen LogP contribution in [0.3, 0.4) is 0 Å². The molecule has 0 saturated carbocycles. The number of halogens is 1. The molecule has 9 nitrogen and oxygen atoms in total. The zero-order valence-electron chi connectivity index (χ0n) is 16.5. The molecule has 1 aliphatic heterocycles. The molecular formula is C21H18FN5O4. The van der Waals surface area contributed by atoms with Gasteiger partial charge in [0.15, 0.2) is 6.29 Å². The molecular weight excluding hydrogens is 405 g/mol. The first kappa shape index (κ1) is 20.2. The van der Waals surface area contributed by atoms with Crippen LogP contribution in [0.1, 0.15) is 17.3 Å². The van der Waals surface area contributed by atoms with E-state index in [0.29, 0.717) is 22.8 Å². The summed E-state index contributed by atoms with van der Waals surface area (Å²) in [7, 11) is 0. The molecule has 1 saturated heterocycles. The van der Waals surface area contributed by atoms with E-state index < -0.39 is 18.0 Å². The van der Waals surface area contributed by atoms with Gasteiger partial charge in [-0.3, -0.25) is 19.1 Å².